The van der Waals surface area contributed by atoms with Gasteiger partial charge in [0, 0.05) is 27.6 Å². The topological polar surface area (TPSA) is 53.7 Å². The van der Waals surface area contributed by atoms with Gasteiger partial charge in [0.15, 0.2) is 0 Å². The summed E-state index contributed by atoms with van der Waals surface area (Å²) in [5.74, 6) is 1.71. The molecule has 1 heterocycles. The Morgan fingerprint density at radius 3 is 1.80 bits per heavy atom. The van der Waals surface area contributed by atoms with Crippen LogP contribution >= 0.6 is 0 Å². The Morgan fingerprint density at radius 2 is 1.14 bits per heavy atom. The van der Waals surface area contributed by atoms with E-state index in [2.05, 4.69) is 289 Å². The van der Waals surface area contributed by atoms with E-state index < -0.39 is 0 Å². The molecule has 1 aliphatic rings. The number of hydrogen-bond donors (Lipinski definition) is 0. The summed E-state index contributed by atoms with van der Waals surface area (Å²) in [6.45, 7) is 21.2. The van der Waals surface area contributed by atoms with E-state index in [0.717, 1.165) is 56.9 Å². The summed E-state index contributed by atoms with van der Waals surface area (Å²) in [6.07, 6.45) is 14.9. The van der Waals surface area contributed by atoms with Gasteiger partial charge in [-0.15, -0.1) is 0 Å². The van der Waals surface area contributed by atoms with Crippen LogP contribution in [0.4, 0.5) is 0 Å². The fourth-order valence-corrected chi connectivity index (χ4v) is 11.3. The monoisotopic (exact) mass is 1250 g/mol. The van der Waals surface area contributed by atoms with Gasteiger partial charge in [-0.2, -0.15) is 0 Å². The van der Waals surface area contributed by atoms with Gasteiger partial charge in [-0.1, -0.05) is 277 Å². The molecule has 1 aromatic heterocycles. The first-order chi connectivity index (χ1) is 40.3. The molecule has 5 heteroatoms. The van der Waals surface area contributed by atoms with Crippen molar-refractivity contribution in [3.05, 3.63) is 300 Å². The number of rotatable bonds is 12. The first-order valence-electron chi connectivity index (χ1n) is 28.9. The zero-order valence-electron chi connectivity index (χ0n) is 49.1. The molecule has 0 saturated heterocycles. The zero-order chi connectivity index (χ0) is 57.5. The molecule has 0 radical (unpaired) electrons. The minimum atomic E-state index is 0. The van der Waals surface area contributed by atoms with Gasteiger partial charge in [0.25, 0.3) is 0 Å². The largest absolute Gasteiger partial charge is 2.00 e. The first kappa shape index (κ1) is 60.4. The predicted molar refractivity (Wildman–Crippen MR) is 359 cm³/mol. The smallest absolute Gasteiger partial charge is 0.817 e. The molecule has 83 heavy (non-hydrogen) atoms. The van der Waals surface area contributed by atoms with Gasteiger partial charge in [0.2, 0.25) is 0 Å². The summed E-state index contributed by atoms with van der Waals surface area (Å²) >= 11 is 0. The van der Waals surface area contributed by atoms with Crippen molar-refractivity contribution in [2.45, 2.75) is 67.2 Å². The fourth-order valence-electron chi connectivity index (χ4n) is 11.3. The van der Waals surface area contributed by atoms with E-state index >= 15 is 0 Å². The summed E-state index contributed by atoms with van der Waals surface area (Å²) in [5, 5.41) is 13.9. The van der Waals surface area contributed by atoms with Gasteiger partial charge < -0.3 is 20.5 Å². The van der Waals surface area contributed by atoms with Crippen LogP contribution in [0.1, 0.15) is 74.8 Å². The third kappa shape index (κ3) is 13.3. The molecule has 0 aliphatic heterocycles. The molecule has 0 fully saturated rings. The SMILES string of the molecule is C=C/C=C\C(C)C.C=[N-].CC.CCc1ccccc1C1C=CC(CN=C([N-]n2c3c(-c4cccc(-c5cccc(-c6ccc(C)c(-c7ccccc7C)c6)c5)c4)cccc3c3c4ccccc4c4ccccc4c32)c2ccccc2)=CC1.[W+2]. The number of benzene rings is 10. The van der Waals surface area contributed by atoms with Crippen LogP contribution < -0.4 is 0 Å². The average Bonchev–Trinajstić information content (AvgIpc) is 2.40. The molecule has 0 bridgehead atoms. The minimum Gasteiger partial charge on any atom is -0.817 e. The van der Waals surface area contributed by atoms with Gasteiger partial charge in [0.1, 0.15) is 0 Å². The van der Waals surface area contributed by atoms with Crippen LogP contribution in [-0.4, -0.2) is 23.8 Å². The Labute approximate surface area is 507 Å². The van der Waals surface area contributed by atoms with E-state index in [9.17, 15) is 0 Å². The maximum atomic E-state index is 6.75. The van der Waals surface area contributed by atoms with Crippen LogP contribution in [0.3, 0.4) is 0 Å². The maximum Gasteiger partial charge on any atom is 2.00 e. The average molecular weight is 1250 g/mol. The Kier molecular flexibility index (Phi) is 21.0. The molecule has 0 N–H and O–H groups in total. The van der Waals surface area contributed by atoms with E-state index in [1.807, 2.05) is 19.9 Å². The zero-order valence-corrected chi connectivity index (χ0v) is 52.0. The number of fused-ring (bicyclic) bond motifs is 8. The summed E-state index contributed by atoms with van der Waals surface area (Å²) in [4.78, 5) is 5.41. The van der Waals surface area contributed by atoms with E-state index in [4.69, 9.17) is 15.8 Å². The van der Waals surface area contributed by atoms with Crippen molar-refractivity contribution >= 4 is 55.9 Å². The van der Waals surface area contributed by atoms with Gasteiger partial charge in [-0.3, -0.25) is 0 Å². The molecule has 0 saturated carbocycles. The predicted octanol–water partition coefficient (Wildman–Crippen LogP) is 21.9. The van der Waals surface area contributed by atoms with Crippen LogP contribution in [-0.2, 0) is 27.5 Å². The van der Waals surface area contributed by atoms with Crippen molar-refractivity contribution in [2.75, 3.05) is 6.54 Å². The van der Waals surface area contributed by atoms with E-state index in [1.54, 1.807) is 6.08 Å². The van der Waals surface area contributed by atoms with Crippen LogP contribution in [0, 0.1) is 19.8 Å². The Bertz CT molecular complexity index is 4150. The van der Waals surface area contributed by atoms with Gasteiger partial charge in [0.05, 0.1) is 11.0 Å². The molecule has 1 aliphatic carbocycles. The number of allylic oxidation sites excluding steroid dienone is 5. The number of para-hydroxylation sites is 1. The van der Waals surface area contributed by atoms with Crippen LogP contribution in [0.15, 0.2) is 266 Å². The number of hydrogen-bond acceptors (Lipinski definition) is 1. The molecular weight excluding hydrogens is 1180 g/mol. The van der Waals surface area contributed by atoms with E-state index in [-0.39, 0.29) is 21.1 Å². The molecule has 1 atom stereocenters. The Morgan fingerprint density at radius 1 is 0.590 bits per heavy atom. The molecule has 4 nitrogen and oxygen atoms in total. The van der Waals surface area contributed by atoms with Crippen molar-refractivity contribution in [3.63, 3.8) is 0 Å². The molecular formula is C78H74N4W. The quantitative estimate of drug-likeness (QED) is 0.0507. The summed E-state index contributed by atoms with van der Waals surface area (Å²) in [6, 6.07) is 77.2. The van der Waals surface area contributed by atoms with Crippen LogP contribution in [0.5, 0.6) is 0 Å². The third-order valence-electron chi connectivity index (χ3n) is 15.3. The van der Waals surface area contributed by atoms with Crippen molar-refractivity contribution in [1.29, 1.82) is 0 Å². The number of aromatic nitrogens is 1. The number of aryl methyl sites for hydroxylation is 3. The van der Waals surface area contributed by atoms with E-state index in [1.165, 1.54) is 77.2 Å². The second kappa shape index (κ2) is 28.8. The summed E-state index contributed by atoms with van der Waals surface area (Å²) < 4.78 is 2.22. The number of nitrogens with zero attached hydrogens (tertiary/aromatic N) is 4. The molecule has 11 aromatic rings. The van der Waals surface area contributed by atoms with Crippen LogP contribution in [0.25, 0.3) is 98.7 Å². The second-order valence-electron chi connectivity index (χ2n) is 20.8. The molecule has 412 valence electrons. The fraction of sp³-hybridized carbons (Fsp3) is 0.154. The van der Waals surface area contributed by atoms with Crippen molar-refractivity contribution in [1.82, 2.24) is 4.68 Å². The molecule has 1 unspecified atom stereocenters. The molecule has 0 amide bonds. The Balaban J connectivity index is 0.000000694. The normalized spacial score (nSPS) is 12.9. The molecule has 0 spiro atoms. The standard InChI is InChI=1S/C68H54N3.C7H12.C2H6.CH2N.W/c1-4-48-20-9-11-28-57(48)49-39-36-47(37-40-49)44-69-68(50-21-6-5-7-22-50)70-71-66-58(33-18-34-63(66)65-61-31-14-12-29-59(61)60-30-13-15-32-62(60)67(65)71)55-26-17-25-53(42-55)51-23-16-24-52(41-51)54-38-35-46(3)64(43-54)56-27-10-8-19-45(56)2;1-4-5-6-7(2)3;2*1-2;/h5-39,41-43,49H,4,40,44H2,1-3H3;4-7H,1H2,2-3H3;1-2H3;1H2;/q-1;;;-1;+2/b;6-5-;;;. The van der Waals surface area contributed by atoms with Crippen molar-refractivity contribution in [2.24, 2.45) is 10.9 Å². The summed E-state index contributed by atoms with van der Waals surface area (Å²) in [5.41, 5.74) is 24.9. The first-order valence-corrected chi connectivity index (χ1v) is 28.9. The van der Waals surface area contributed by atoms with Crippen LogP contribution in [0.2, 0.25) is 0 Å². The molecule has 12 rings (SSSR count). The number of aliphatic imine (C=N–C) groups is 1. The van der Waals surface area contributed by atoms with Gasteiger partial charge >= 0.3 is 21.1 Å². The number of amidine groups is 1. The van der Waals surface area contributed by atoms with Gasteiger partial charge in [-0.25, -0.2) is 6.72 Å². The maximum absolute atomic E-state index is 6.75. The third-order valence-corrected chi connectivity index (χ3v) is 15.3. The summed E-state index contributed by atoms with van der Waals surface area (Å²) in [7, 11) is 0. The minimum absolute atomic E-state index is 0. The molecule has 10 aromatic carbocycles. The Hall–Kier alpha value is -8.69. The van der Waals surface area contributed by atoms with Crippen molar-refractivity contribution < 1.29 is 21.1 Å². The van der Waals surface area contributed by atoms with Gasteiger partial charge in [-0.05, 0) is 146 Å². The van der Waals surface area contributed by atoms with E-state index in [0.29, 0.717) is 24.2 Å². The second-order valence-corrected chi connectivity index (χ2v) is 20.8. The van der Waals surface area contributed by atoms with Crippen molar-refractivity contribution in [3.8, 4) is 44.5 Å².